The Bertz CT molecular complexity index is 279. The molecule has 70 valence electrons. The van der Waals surface area contributed by atoms with Gasteiger partial charge in [-0.15, -0.1) is 0 Å². The van der Waals surface area contributed by atoms with E-state index in [1.807, 2.05) is 6.08 Å². The summed E-state index contributed by atoms with van der Waals surface area (Å²) in [5.74, 6) is -0.208. The number of carboxylic acid groups (broad SMARTS) is 1. The normalized spacial score (nSPS) is 15.4. The Morgan fingerprint density at radius 2 is 2.46 bits per heavy atom. The molecule has 13 heavy (non-hydrogen) atoms. The van der Waals surface area contributed by atoms with Crippen LogP contribution in [0.4, 0.5) is 0 Å². The number of hydrogen-bond acceptors (Lipinski definition) is 3. The van der Waals surface area contributed by atoms with E-state index >= 15 is 0 Å². The molecule has 0 aromatic carbocycles. The highest BCUT2D eigenvalue weighted by molar-refractivity contribution is 7.80. The van der Waals surface area contributed by atoms with E-state index < -0.39 is 5.97 Å². The largest absolute Gasteiger partial charge is 0.493 e. The van der Waals surface area contributed by atoms with E-state index in [-0.39, 0.29) is 13.0 Å². The number of aliphatic carboxylic acids is 1. The Kier molecular flexibility index (Phi) is 3.64. The molecule has 0 radical (unpaired) electrons. The number of carboxylic acids is 1. The van der Waals surface area contributed by atoms with Crippen LogP contribution in [0.2, 0.25) is 0 Å². The third kappa shape index (κ3) is 3.85. The van der Waals surface area contributed by atoms with E-state index in [0.717, 1.165) is 11.3 Å². The second kappa shape index (κ2) is 4.77. The zero-order valence-electron chi connectivity index (χ0n) is 7.03. The highest BCUT2D eigenvalue weighted by atomic mass is 32.1. The Hall–Kier alpha value is -1.16. The molecule has 0 bridgehead atoms. The second-order valence-corrected chi connectivity index (χ2v) is 3.14. The Morgan fingerprint density at radius 1 is 1.69 bits per heavy atom. The summed E-state index contributed by atoms with van der Waals surface area (Å²) in [6.07, 6.45) is 6.23. The van der Waals surface area contributed by atoms with Gasteiger partial charge in [0.2, 0.25) is 0 Å². The fourth-order valence-corrected chi connectivity index (χ4v) is 1.12. The van der Waals surface area contributed by atoms with Crippen molar-refractivity contribution in [2.75, 3.05) is 6.61 Å². The molecule has 3 nitrogen and oxygen atoms in total. The van der Waals surface area contributed by atoms with Crippen LogP contribution < -0.4 is 0 Å². The van der Waals surface area contributed by atoms with E-state index in [9.17, 15) is 4.79 Å². The topological polar surface area (TPSA) is 46.5 Å². The molecule has 4 heteroatoms. The highest BCUT2D eigenvalue weighted by Gasteiger charge is 2.03. The van der Waals surface area contributed by atoms with Gasteiger partial charge in [0.1, 0.15) is 5.76 Å². The van der Waals surface area contributed by atoms with Gasteiger partial charge >= 0.3 is 5.97 Å². The first-order valence-corrected chi connectivity index (χ1v) is 4.35. The van der Waals surface area contributed by atoms with Crippen molar-refractivity contribution in [1.82, 2.24) is 0 Å². The van der Waals surface area contributed by atoms with Gasteiger partial charge in [0.05, 0.1) is 13.0 Å². The lowest BCUT2D eigenvalue weighted by Crippen LogP contribution is -2.04. The first-order chi connectivity index (χ1) is 6.18. The van der Waals surface area contributed by atoms with Crippen LogP contribution in [-0.4, -0.2) is 22.5 Å². The molecule has 1 rings (SSSR count). The fourth-order valence-electron chi connectivity index (χ4n) is 0.903. The van der Waals surface area contributed by atoms with E-state index in [1.54, 1.807) is 12.2 Å². The number of rotatable bonds is 4. The van der Waals surface area contributed by atoms with Crippen LogP contribution in [0.5, 0.6) is 0 Å². The summed E-state index contributed by atoms with van der Waals surface area (Å²) < 4.78 is 5.17. The maximum absolute atomic E-state index is 10.2. The first kappa shape index (κ1) is 9.92. The molecule has 0 aromatic rings. The van der Waals surface area contributed by atoms with E-state index in [1.165, 1.54) is 0 Å². The summed E-state index contributed by atoms with van der Waals surface area (Å²) in [5.41, 5.74) is 0. The lowest BCUT2D eigenvalue weighted by Gasteiger charge is -2.08. The van der Waals surface area contributed by atoms with Gasteiger partial charge in [-0.3, -0.25) is 4.79 Å². The van der Waals surface area contributed by atoms with Gasteiger partial charge in [-0.2, -0.15) is 0 Å². The predicted molar refractivity (Wildman–Crippen MR) is 52.6 cm³/mol. The molecule has 0 fully saturated rings. The molecular formula is C9H10O3S. The first-order valence-electron chi connectivity index (χ1n) is 3.94. The van der Waals surface area contributed by atoms with Gasteiger partial charge in [0.15, 0.2) is 0 Å². The lowest BCUT2D eigenvalue weighted by molar-refractivity contribution is -0.137. The monoisotopic (exact) mass is 198 g/mol. The van der Waals surface area contributed by atoms with Gasteiger partial charge in [-0.25, -0.2) is 0 Å². The Labute approximate surface area is 81.7 Å². The average Bonchev–Trinajstić information content (AvgIpc) is 2.03. The van der Waals surface area contributed by atoms with Crippen LogP contribution >= 0.6 is 12.2 Å². The molecule has 0 amide bonds. The van der Waals surface area contributed by atoms with Crippen LogP contribution in [0.3, 0.4) is 0 Å². The fraction of sp³-hybridized carbons (Fsp3) is 0.333. The number of hydrogen-bond donors (Lipinski definition) is 1. The van der Waals surface area contributed by atoms with Crippen LogP contribution in [-0.2, 0) is 9.53 Å². The molecule has 0 unspecified atom stereocenters. The van der Waals surface area contributed by atoms with Crippen molar-refractivity contribution in [3.8, 4) is 0 Å². The molecule has 0 saturated heterocycles. The van der Waals surface area contributed by atoms with Gasteiger partial charge in [-0.05, 0) is 12.2 Å². The molecule has 0 spiro atoms. The maximum Gasteiger partial charge on any atom is 0.306 e. The molecular weight excluding hydrogens is 188 g/mol. The number of carbonyl (C=O) groups is 1. The van der Waals surface area contributed by atoms with E-state index in [2.05, 4.69) is 0 Å². The molecule has 0 aliphatic heterocycles. The van der Waals surface area contributed by atoms with Gasteiger partial charge in [-0.1, -0.05) is 18.3 Å². The molecule has 0 heterocycles. The van der Waals surface area contributed by atoms with Gasteiger partial charge in [0.25, 0.3) is 0 Å². The SMILES string of the molecule is O=C(O)CCOC1=CC(=S)CC=C1. The van der Waals surface area contributed by atoms with Crippen molar-refractivity contribution in [2.45, 2.75) is 12.8 Å². The summed E-state index contributed by atoms with van der Waals surface area (Å²) in [7, 11) is 0. The van der Waals surface area contributed by atoms with Crippen LogP contribution in [0, 0.1) is 0 Å². The zero-order valence-corrected chi connectivity index (χ0v) is 7.84. The van der Waals surface area contributed by atoms with Crippen molar-refractivity contribution in [1.29, 1.82) is 0 Å². The maximum atomic E-state index is 10.2. The van der Waals surface area contributed by atoms with Crippen molar-refractivity contribution in [3.05, 3.63) is 24.0 Å². The van der Waals surface area contributed by atoms with Crippen LogP contribution in [0.15, 0.2) is 24.0 Å². The molecule has 1 N–H and O–H groups in total. The molecule has 0 saturated carbocycles. The van der Waals surface area contributed by atoms with E-state index in [0.29, 0.717) is 5.76 Å². The minimum Gasteiger partial charge on any atom is -0.493 e. The number of allylic oxidation sites excluding steroid dienone is 3. The second-order valence-electron chi connectivity index (χ2n) is 2.61. The van der Waals surface area contributed by atoms with Gasteiger partial charge in [0, 0.05) is 11.3 Å². The van der Waals surface area contributed by atoms with Crippen LogP contribution in [0.1, 0.15) is 12.8 Å². The van der Waals surface area contributed by atoms with Crippen molar-refractivity contribution in [3.63, 3.8) is 0 Å². The molecule has 1 aliphatic carbocycles. The molecule has 0 aromatic heterocycles. The van der Waals surface area contributed by atoms with Crippen molar-refractivity contribution >= 4 is 23.1 Å². The number of ether oxygens (including phenoxy) is 1. The van der Waals surface area contributed by atoms with Crippen molar-refractivity contribution in [2.24, 2.45) is 0 Å². The lowest BCUT2D eigenvalue weighted by atomic mass is 10.2. The third-order valence-corrected chi connectivity index (χ3v) is 1.77. The van der Waals surface area contributed by atoms with E-state index in [4.69, 9.17) is 22.1 Å². The summed E-state index contributed by atoms with van der Waals surface area (Å²) in [6.45, 7) is 0.189. The Morgan fingerprint density at radius 3 is 3.08 bits per heavy atom. The van der Waals surface area contributed by atoms with Crippen molar-refractivity contribution < 1.29 is 14.6 Å². The average molecular weight is 198 g/mol. The highest BCUT2D eigenvalue weighted by Crippen LogP contribution is 2.09. The zero-order chi connectivity index (χ0) is 9.68. The standard InChI is InChI=1S/C9H10O3S/c10-9(11)4-5-12-7-2-1-3-8(13)6-7/h1-2,6H,3-5H2,(H,10,11). The quantitative estimate of drug-likeness (QED) is 0.698. The minimum atomic E-state index is -0.858. The smallest absolute Gasteiger partial charge is 0.306 e. The molecule has 1 aliphatic rings. The third-order valence-electron chi connectivity index (χ3n) is 1.49. The summed E-state index contributed by atoms with van der Waals surface area (Å²) in [4.78, 5) is 11.0. The summed E-state index contributed by atoms with van der Waals surface area (Å²) in [6, 6.07) is 0. The van der Waals surface area contributed by atoms with Gasteiger partial charge < -0.3 is 9.84 Å². The summed E-state index contributed by atoms with van der Waals surface area (Å²) in [5, 5.41) is 8.35. The minimum absolute atomic E-state index is 0.0118. The van der Waals surface area contributed by atoms with Crippen LogP contribution in [0.25, 0.3) is 0 Å². The molecule has 0 atom stereocenters. The predicted octanol–water partition coefficient (Wildman–Crippen LogP) is 1.69. The number of thiocarbonyl (C=S) groups is 1. The summed E-state index contributed by atoms with van der Waals surface area (Å²) >= 11 is 4.96. The Balaban J connectivity index is 2.32.